The summed E-state index contributed by atoms with van der Waals surface area (Å²) >= 11 is 0. The number of alkyl carbamates (subject to hydrolysis) is 1. The molecule has 1 N–H and O–H groups in total. The summed E-state index contributed by atoms with van der Waals surface area (Å²) in [5.74, 6) is -5.12. The van der Waals surface area contributed by atoms with Gasteiger partial charge in [0.25, 0.3) is 12.0 Å². The average Bonchev–Trinajstić information content (AvgIpc) is 2.25. The summed E-state index contributed by atoms with van der Waals surface area (Å²) < 4.78 is 48.8. The van der Waals surface area contributed by atoms with Gasteiger partial charge in [-0.3, -0.25) is 5.32 Å². The van der Waals surface area contributed by atoms with E-state index in [1.165, 1.54) is 33.0 Å². The molecular formula is C11H18F3NO4. The van der Waals surface area contributed by atoms with Crippen molar-refractivity contribution < 1.29 is 32.2 Å². The smallest absolute Gasteiger partial charge is 0.410 e. The summed E-state index contributed by atoms with van der Waals surface area (Å²) in [4.78, 5) is 22.3. The first kappa shape index (κ1) is 17.5. The maximum atomic E-state index is 13.9. The minimum atomic E-state index is -3.52. The molecule has 0 fully saturated rings. The number of amides is 1. The standard InChI is InChI=1S/C11H18F3NO4/c1-5-18-8(16)7(13)11(14,6-12)15-9(17)19-10(2,3)4/h7H,5-6H2,1-4H3,(H,15,17). The van der Waals surface area contributed by atoms with Crippen LogP contribution in [0.3, 0.4) is 0 Å². The molecule has 0 heterocycles. The van der Waals surface area contributed by atoms with Gasteiger partial charge in [0.15, 0.2) is 0 Å². The van der Waals surface area contributed by atoms with Gasteiger partial charge < -0.3 is 9.47 Å². The van der Waals surface area contributed by atoms with E-state index in [9.17, 15) is 22.8 Å². The molecule has 0 radical (unpaired) electrons. The molecule has 0 aliphatic heterocycles. The Balaban J connectivity index is 4.78. The molecule has 8 heteroatoms. The van der Waals surface area contributed by atoms with E-state index >= 15 is 0 Å². The molecule has 1 amide bonds. The van der Waals surface area contributed by atoms with Gasteiger partial charge in [0.05, 0.1) is 6.61 Å². The number of carbonyl (C=O) groups is 2. The molecule has 0 aliphatic carbocycles. The molecule has 19 heavy (non-hydrogen) atoms. The number of hydrogen-bond acceptors (Lipinski definition) is 4. The summed E-state index contributed by atoms with van der Waals surface area (Å²) in [5, 5.41) is 1.36. The van der Waals surface area contributed by atoms with Gasteiger partial charge >= 0.3 is 12.1 Å². The lowest BCUT2D eigenvalue weighted by Gasteiger charge is -2.27. The normalized spacial score (nSPS) is 16.2. The largest absolute Gasteiger partial charge is 0.464 e. The average molecular weight is 285 g/mol. The number of hydrogen-bond donors (Lipinski definition) is 1. The van der Waals surface area contributed by atoms with Crippen molar-refractivity contribution in [2.75, 3.05) is 13.3 Å². The second-order valence-electron chi connectivity index (χ2n) is 4.74. The second kappa shape index (κ2) is 6.63. The minimum absolute atomic E-state index is 0.200. The zero-order valence-corrected chi connectivity index (χ0v) is 11.3. The van der Waals surface area contributed by atoms with Crippen molar-refractivity contribution in [2.24, 2.45) is 0 Å². The Bertz CT molecular complexity index is 332. The van der Waals surface area contributed by atoms with Crippen LogP contribution in [0.25, 0.3) is 0 Å². The van der Waals surface area contributed by atoms with E-state index in [1.807, 2.05) is 0 Å². The first-order valence-electron chi connectivity index (χ1n) is 5.62. The maximum Gasteiger partial charge on any atom is 0.410 e. The molecule has 0 aromatic heterocycles. The quantitative estimate of drug-likeness (QED) is 0.620. The lowest BCUT2D eigenvalue weighted by atomic mass is 10.1. The molecule has 5 nitrogen and oxygen atoms in total. The molecule has 2 unspecified atom stereocenters. The highest BCUT2D eigenvalue weighted by Gasteiger charge is 2.48. The van der Waals surface area contributed by atoms with Crippen molar-refractivity contribution in [2.45, 2.75) is 45.3 Å². The first-order valence-corrected chi connectivity index (χ1v) is 5.62. The number of alkyl halides is 3. The Kier molecular flexibility index (Phi) is 6.11. The number of carbonyl (C=O) groups excluding carboxylic acids is 2. The van der Waals surface area contributed by atoms with Crippen molar-refractivity contribution in [1.82, 2.24) is 5.32 Å². The van der Waals surface area contributed by atoms with Crippen LogP contribution < -0.4 is 5.32 Å². The molecular weight excluding hydrogens is 267 g/mol. The van der Waals surface area contributed by atoms with Crippen LogP contribution in [0.15, 0.2) is 0 Å². The highest BCUT2D eigenvalue weighted by molar-refractivity contribution is 5.78. The van der Waals surface area contributed by atoms with E-state index in [0.29, 0.717) is 0 Å². The van der Waals surface area contributed by atoms with Crippen molar-refractivity contribution in [3.05, 3.63) is 0 Å². The molecule has 0 aromatic carbocycles. The van der Waals surface area contributed by atoms with E-state index in [0.717, 1.165) is 0 Å². The van der Waals surface area contributed by atoms with E-state index in [4.69, 9.17) is 0 Å². The summed E-state index contributed by atoms with van der Waals surface area (Å²) in [6, 6.07) is 0. The molecule has 0 rings (SSSR count). The van der Waals surface area contributed by atoms with Gasteiger partial charge in [-0.1, -0.05) is 0 Å². The maximum absolute atomic E-state index is 13.9. The third kappa shape index (κ3) is 5.80. The number of rotatable bonds is 5. The van der Waals surface area contributed by atoms with Crippen LogP contribution in [0.4, 0.5) is 18.0 Å². The lowest BCUT2D eigenvalue weighted by molar-refractivity contribution is -0.158. The highest BCUT2D eigenvalue weighted by atomic mass is 19.2. The van der Waals surface area contributed by atoms with Gasteiger partial charge in [0.1, 0.15) is 12.3 Å². The third-order valence-corrected chi connectivity index (χ3v) is 1.80. The van der Waals surface area contributed by atoms with Crippen LogP contribution in [0.1, 0.15) is 27.7 Å². The van der Waals surface area contributed by atoms with Gasteiger partial charge in [0.2, 0.25) is 0 Å². The Morgan fingerprint density at radius 1 is 1.32 bits per heavy atom. The fourth-order valence-corrected chi connectivity index (χ4v) is 1.04. The molecule has 0 spiro atoms. The fraction of sp³-hybridized carbons (Fsp3) is 0.818. The summed E-state index contributed by atoms with van der Waals surface area (Å²) in [7, 11) is 0. The van der Waals surface area contributed by atoms with E-state index in [-0.39, 0.29) is 6.61 Å². The van der Waals surface area contributed by atoms with Gasteiger partial charge in [0, 0.05) is 0 Å². The van der Waals surface area contributed by atoms with Crippen molar-refractivity contribution in [3.63, 3.8) is 0 Å². The highest BCUT2D eigenvalue weighted by Crippen LogP contribution is 2.20. The zero-order valence-electron chi connectivity index (χ0n) is 11.3. The zero-order chi connectivity index (χ0) is 15.3. The van der Waals surface area contributed by atoms with Crippen molar-refractivity contribution >= 4 is 12.1 Å². The van der Waals surface area contributed by atoms with Crippen molar-refractivity contribution in [3.8, 4) is 0 Å². The predicted molar refractivity (Wildman–Crippen MR) is 60.7 cm³/mol. The van der Waals surface area contributed by atoms with Crippen LogP contribution in [0.2, 0.25) is 0 Å². The van der Waals surface area contributed by atoms with Gasteiger partial charge in [-0.15, -0.1) is 0 Å². The van der Waals surface area contributed by atoms with Gasteiger partial charge in [-0.2, -0.15) is 0 Å². The minimum Gasteiger partial charge on any atom is -0.464 e. The van der Waals surface area contributed by atoms with E-state index in [2.05, 4.69) is 9.47 Å². The summed E-state index contributed by atoms with van der Waals surface area (Å²) in [5.41, 5.74) is -0.975. The predicted octanol–water partition coefficient (Wildman–Crippen LogP) is 2.05. The Labute approximate surface area is 109 Å². The Morgan fingerprint density at radius 3 is 2.21 bits per heavy atom. The molecule has 0 saturated heterocycles. The van der Waals surface area contributed by atoms with Crippen LogP contribution in [0.5, 0.6) is 0 Å². The molecule has 0 saturated carbocycles. The number of halogens is 3. The molecule has 112 valence electrons. The number of ether oxygens (including phenoxy) is 2. The van der Waals surface area contributed by atoms with Crippen molar-refractivity contribution in [1.29, 1.82) is 0 Å². The first-order chi connectivity index (χ1) is 8.55. The van der Waals surface area contributed by atoms with Crippen LogP contribution in [-0.2, 0) is 14.3 Å². The Hall–Kier alpha value is -1.47. The van der Waals surface area contributed by atoms with Crippen LogP contribution >= 0.6 is 0 Å². The molecule has 2 atom stereocenters. The molecule has 0 aliphatic rings. The van der Waals surface area contributed by atoms with E-state index in [1.54, 1.807) is 0 Å². The van der Waals surface area contributed by atoms with Crippen LogP contribution in [-0.4, -0.2) is 42.9 Å². The number of esters is 1. The second-order valence-corrected chi connectivity index (χ2v) is 4.74. The van der Waals surface area contributed by atoms with Gasteiger partial charge in [-0.05, 0) is 27.7 Å². The summed E-state index contributed by atoms with van der Waals surface area (Å²) in [6.07, 6.45) is -4.36. The SMILES string of the molecule is CCOC(=O)C(F)C(F)(CF)NC(=O)OC(C)(C)C. The summed E-state index contributed by atoms with van der Waals surface area (Å²) in [6.45, 7) is 3.70. The molecule has 0 aromatic rings. The van der Waals surface area contributed by atoms with Gasteiger partial charge in [-0.25, -0.2) is 22.8 Å². The topological polar surface area (TPSA) is 64.6 Å². The Morgan fingerprint density at radius 2 is 1.84 bits per heavy atom. The van der Waals surface area contributed by atoms with Crippen LogP contribution in [0, 0.1) is 0 Å². The molecule has 0 bridgehead atoms. The van der Waals surface area contributed by atoms with E-state index < -0.39 is 36.3 Å². The fourth-order valence-electron chi connectivity index (χ4n) is 1.04. The third-order valence-electron chi connectivity index (χ3n) is 1.80. The lowest BCUT2D eigenvalue weighted by Crippen LogP contribution is -2.57. The monoisotopic (exact) mass is 285 g/mol. The number of nitrogens with one attached hydrogen (secondary N) is 1.